The molecule has 60 heavy (non-hydrogen) atoms. The molecule has 294 valence electrons. The van der Waals surface area contributed by atoms with Gasteiger partial charge in [0.05, 0.1) is 22.6 Å². The number of fused-ring (bicyclic) bond motifs is 2. The summed E-state index contributed by atoms with van der Waals surface area (Å²) in [5.74, 6) is 1.37. The zero-order valence-corrected chi connectivity index (χ0v) is 35.0. The molecular formula is C55H48N4O. The Bertz CT molecular complexity index is 2990. The number of rotatable bonds is 7. The summed E-state index contributed by atoms with van der Waals surface area (Å²) in [6.45, 7) is 13.5. The van der Waals surface area contributed by atoms with E-state index in [-0.39, 0.29) is 16.6 Å². The minimum Gasteiger partial charge on any atom is -0.507 e. The molecule has 0 aliphatic rings. The van der Waals surface area contributed by atoms with Crippen molar-refractivity contribution in [2.75, 3.05) is 4.90 Å². The lowest BCUT2D eigenvalue weighted by Gasteiger charge is -2.27. The highest BCUT2D eigenvalue weighted by molar-refractivity contribution is 6.01. The van der Waals surface area contributed by atoms with Crippen molar-refractivity contribution in [2.24, 2.45) is 0 Å². The third-order valence-corrected chi connectivity index (χ3v) is 11.3. The first-order valence-electron chi connectivity index (χ1n) is 20.6. The van der Waals surface area contributed by atoms with Crippen LogP contribution in [0.5, 0.6) is 5.75 Å². The highest BCUT2D eigenvalue weighted by atomic mass is 16.3. The second kappa shape index (κ2) is 15.2. The molecular weight excluding hydrogens is 733 g/mol. The topological polar surface area (TPSA) is 62.1 Å². The molecule has 9 aromatic rings. The Hall–Kier alpha value is -7.11. The molecule has 0 radical (unpaired) electrons. The highest BCUT2D eigenvalue weighted by Crippen LogP contribution is 2.43. The zero-order valence-electron chi connectivity index (χ0n) is 35.0. The van der Waals surface area contributed by atoms with E-state index < -0.39 is 0 Å². The fourth-order valence-electron chi connectivity index (χ4n) is 7.97. The number of nitrogens with zero attached hydrogens (tertiary/aromatic N) is 4. The molecule has 0 unspecified atom stereocenters. The Labute approximate surface area is 352 Å². The van der Waals surface area contributed by atoms with Gasteiger partial charge in [0.1, 0.15) is 11.6 Å². The fourth-order valence-corrected chi connectivity index (χ4v) is 7.97. The number of hydrogen-bond donors (Lipinski definition) is 1. The summed E-state index contributed by atoms with van der Waals surface area (Å²) in [6, 6.07) is 58.9. The molecule has 0 aliphatic carbocycles. The Morgan fingerprint density at radius 3 is 1.68 bits per heavy atom. The number of aromatic nitrogens is 3. The Balaban J connectivity index is 1.36. The van der Waals surface area contributed by atoms with E-state index in [1.807, 2.05) is 36.5 Å². The van der Waals surface area contributed by atoms with Crippen LogP contribution >= 0.6 is 0 Å². The standard InChI is InChI=1S/C55H48N4O/c1-54(2,3)41-30-40(31-42(34-41)55(4,5)6)49-35-48(57-53(58-49)47-23-11-12-26-51(47)60)39-29-38(45-24-15-19-36-17-7-9-21-44(36)45)32-43(33-39)59(52-27-13-14-28-56-52)50-25-16-20-37-18-8-10-22-46(37)50/h7-35,60H,1-6H3. The van der Waals surface area contributed by atoms with E-state index in [0.717, 1.165) is 72.4 Å². The second-order valence-electron chi connectivity index (χ2n) is 17.6. The number of phenolic OH excluding ortho intramolecular Hbond substituents is 1. The van der Waals surface area contributed by atoms with Crippen LogP contribution in [0.4, 0.5) is 17.2 Å². The van der Waals surface area contributed by atoms with E-state index in [1.54, 1.807) is 6.07 Å². The largest absolute Gasteiger partial charge is 0.507 e. The predicted molar refractivity (Wildman–Crippen MR) is 250 cm³/mol. The van der Waals surface area contributed by atoms with Crippen LogP contribution < -0.4 is 4.90 Å². The lowest BCUT2D eigenvalue weighted by Crippen LogP contribution is -2.16. The van der Waals surface area contributed by atoms with Crippen molar-refractivity contribution in [3.63, 3.8) is 0 Å². The number of phenols is 1. The van der Waals surface area contributed by atoms with E-state index in [1.165, 1.54) is 11.1 Å². The smallest absolute Gasteiger partial charge is 0.164 e. The summed E-state index contributed by atoms with van der Waals surface area (Å²) in [5, 5.41) is 15.8. The maximum atomic E-state index is 11.2. The van der Waals surface area contributed by atoms with Crippen molar-refractivity contribution < 1.29 is 5.11 Å². The van der Waals surface area contributed by atoms with Crippen LogP contribution in [0.25, 0.3) is 66.6 Å². The van der Waals surface area contributed by atoms with E-state index in [9.17, 15) is 5.11 Å². The van der Waals surface area contributed by atoms with Gasteiger partial charge in [-0.15, -0.1) is 0 Å². The summed E-state index contributed by atoms with van der Waals surface area (Å²) < 4.78 is 0. The van der Waals surface area contributed by atoms with Crippen LogP contribution in [-0.4, -0.2) is 20.1 Å². The van der Waals surface area contributed by atoms with Crippen LogP contribution in [-0.2, 0) is 10.8 Å². The average Bonchev–Trinajstić information content (AvgIpc) is 3.26. The number of anilines is 3. The SMILES string of the molecule is CC(C)(C)c1cc(-c2cc(-c3cc(-c4cccc5ccccc45)cc(N(c4ccccn4)c4cccc5ccccc45)c3)nc(-c3ccccc3O)n2)cc(C(C)(C)C)c1. The minimum atomic E-state index is -0.0926. The van der Waals surface area contributed by atoms with Gasteiger partial charge in [0.25, 0.3) is 0 Å². The molecule has 0 saturated heterocycles. The maximum absolute atomic E-state index is 11.2. The normalized spacial score (nSPS) is 11.9. The van der Waals surface area contributed by atoms with Gasteiger partial charge in [0.15, 0.2) is 5.82 Å². The quantitative estimate of drug-likeness (QED) is 0.174. The monoisotopic (exact) mass is 780 g/mol. The van der Waals surface area contributed by atoms with Crippen LogP contribution in [0.2, 0.25) is 0 Å². The molecule has 7 aromatic carbocycles. The van der Waals surface area contributed by atoms with Crippen molar-refractivity contribution in [2.45, 2.75) is 52.4 Å². The van der Waals surface area contributed by atoms with Gasteiger partial charge in [-0.3, -0.25) is 4.90 Å². The molecule has 0 atom stereocenters. The number of aromatic hydroxyl groups is 1. The fraction of sp³-hybridized carbons (Fsp3) is 0.145. The van der Waals surface area contributed by atoms with Crippen molar-refractivity contribution in [1.82, 2.24) is 15.0 Å². The second-order valence-corrected chi connectivity index (χ2v) is 17.6. The van der Waals surface area contributed by atoms with E-state index in [2.05, 4.69) is 180 Å². The van der Waals surface area contributed by atoms with Crippen LogP contribution in [0, 0.1) is 0 Å². The number of para-hydroxylation sites is 1. The van der Waals surface area contributed by atoms with Gasteiger partial charge < -0.3 is 5.11 Å². The minimum absolute atomic E-state index is 0.0926. The van der Waals surface area contributed by atoms with Crippen molar-refractivity contribution in [1.29, 1.82) is 0 Å². The summed E-state index contributed by atoms with van der Waals surface area (Å²) in [6.07, 6.45) is 1.84. The summed E-state index contributed by atoms with van der Waals surface area (Å²) in [7, 11) is 0. The first-order valence-corrected chi connectivity index (χ1v) is 20.6. The third-order valence-electron chi connectivity index (χ3n) is 11.3. The molecule has 0 spiro atoms. The number of benzene rings is 7. The Morgan fingerprint density at radius 2 is 1.02 bits per heavy atom. The number of pyridine rings is 1. The van der Waals surface area contributed by atoms with Crippen LogP contribution in [0.3, 0.4) is 0 Å². The van der Waals surface area contributed by atoms with Gasteiger partial charge in [0.2, 0.25) is 0 Å². The Kier molecular flexibility index (Phi) is 9.76. The Morgan fingerprint density at radius 1 is 0.467 bits per heavy atom. The van der Waals surface area contributed by atoms with Gasteiger partial charge in [0, 0.05) is 28.4 Å². The summed E-state index contributed by atoms with van der Waals surface area (Å²) in [4.78, 5) is 17.7. The maximum Gasteiger partial charge on any atom is 0.164 e. The van der Waals surface area contributed by atoms with Crippen molar-refractivity contribution >= 4 is 38.7 Å². The zero-order chi connectivity index (χ0) is 41.6. The lowest BCUT2D eigenvalue weighted by atomic mass is 9.79. The molecule has 0 aliphatic heterocycles. The van der Waals surface area contributed by atoms with Gasteiger partial charge in [-0.25, -0.2) is 15.0 Å². The van der Waals surface area contributed by atoms with Gasteiger partial charge >= 0.3 is 0 Å². The lowest BCUT2D eigenvalue weighted by molar-refractivity contribution is 0.477. The highest BCUT2D eigenvalue weighted by Gasteiger charge is 2.24. The molecule has 0 fully saturated rings. The van der Waals surface area contributed by atoms with Crippen LogP contribution in [0.1, 0.15) is 52.7 Å². The van der Waals surface area contributed by atoms with Gasteiger partial charge in [-0.2, -0.15) is 0 Å². The van der Waals surface area contributed by atoms with Crippen molar-refractivity contribution in [3.8, 4) is 50.8 Å². The predicted octanol–water partition coefficient (Wildman–Crippen LogP) is 14.6. The summed E-state index contributed by atoms with van der Waals surface area (Å²) in [5.41, 5.74) is 10.4. The summed E-state index contributed by atoms with van der Waals surface area (Å²) >= 11 is 0. The first kappa shape index (κ1) is 38.4. The van der Waals surface area contributed by atoms with Crippen LogP contribution in [0.15, 0.2) is 176 Å². The first-order chi connectivity index (χ1) is 28.9. The van der Waals surface area contributed by atoms with E-state index >= 15 is 0 Å². The van der Waals surface area contributed by atoms with Crippen molar-refractivity contribution in [3.05, 3.63) is 187 Å². The molecule has 0 bridgehead atoms. The van der Waals surface area contributed by atoms with E-state index in [4.69, 9.17) is 15.0 Å². The molecule has 2 heterocycles. The van der Waals surface area contributed by atoms with E-state index in [0.29, 0.717) is 11.4 Å². The van der Waals surface area contributed by atoms with Gasteiger partial charge in [-0.05, 0) is 116 Å². The average molecular weight is 781 g/mol. The third kappa shape index (κ3) is 7.51. The molecule has 2 aromatic heterocycles. The molecule has 0 saturated carbocycles. The van der Waals surface area contributed by atoms with Gasteiger partial charge in [-0.1, -0.05) is 145 Å². The molecule has 5 heteroatoms. The number of hydrogen-bond acceptors (Lipinski definition) is 5. The molecule has 0 amide bonds. The molecule has 5 nitrogen and oxygen atoms in total. The molecule has 9 rings (SSSR count). The molecule has 1 N–H and O–H groups in total.